The van der Waals surface area contributed by atoms with Crippen molar-refractivity contribution in [1.29, 1.82) is 0 Å². The number of piperidine rings is 1. The lowest BCUT2D eigenvalue weighted by Gasteiger charge is -2.32. The number of carbonyl (C=O) groups excluding carboxylic acids is 1. The highest BCUT2D eigenvalue weighted by molar-refractivity contribution is 9.10. The molecule has 4 nitrogen and oxygen atoms in total. The van der Waals surface area contributed by atoms with E-state index in [2.05, 4.69) is 64.3 Å². The third-order valence-corrected chi connectivity index (χ3v) is 5.42. The van der Waals surface area contributed by atoms with Crippen LogP contribution in [0, 0.1) is 5.92 Å². The highest BCUT2D eigenvalue weighted by Crippen LogP contribution is 2.24. The van der Waals surface area contributed by atoms with Crippen molar-refractivity contribution < 1.29 is 9.53 Å². The Morgan fingerprint density at radius 3 is 2.57 bits per heavy atom. The van der Waals surface area contributed by atoms with E-state index in [0.717, 1.165) is 36.9 Å². The topological polar surface area (TPSA) is 41.6 Å². The zero-order chi connectivity index (χ0) is 19.9. The first-order chi connectivity index (χ1) is 13.5. The highest BCUT2D eigenvalue weighted by Gasteiger charge is 2.23. The van der Waals surface area contributed by atoms with Gasteiger partial charge in [0.05, 0.1) is 12.2 Å². The van der Waals surface area contributed by atoms with E-state index in [4.69, 9.17) is 4.74 Å². The molecule has 2 aromatic rings. The van der Waals surface area contributed by atoms with E-state index in [1.54, 1.807) is 0 Å². The van der Waals surface area contributed by atoms with Crippen molar-refractivity contribution in [1.82, 2.24) is 10.2 Å². The Morgan fingerprint density at radius 1 is 1.18 bits per heavy atom. The maximum atomic E-state index is 12.9. The molecule has 2 aromatic carbocycles. The summed E-state index contributed by atoms with van der Waals surface area (Å²) in [6.45, 7) is 7.76. The third-order valence-electron chi connectivity index (χ3n) is 4.93. The van der Waals surface area contributed by atoms with Gasteiger partial charge in [0.2, 0.25) is 0 Å². The van der Waals surface area contributed by atoms with E-state index >= 15 is 0 Å². The smallest absolute Gasteiger partial charge is 0.255 e. The predicted molar refractivity (Wildman–Crippen MR) is 117 cm³/mol. The Balaban J connectivity index is 1.55. The minimum absolute atomic E-state index is 0.0541. The molecule has 0 aliphatic carbocycles. The zero-order valence-electron chi connectivity index (χ0n) is 16.7. The number of ether oxygens (including phenoxy) is 1. The minimum atomic E-state index is -0.0541. The Morgan fingerprint density at radius 2 is 1.89 bits per heavy atom. The van der Waals surface area contributed by atoms with Gasteiger partial charge in [0.1, 0.15) is 5.75 Å². The summed E-state index contributed by atoms with van der Waals surface area (Å²) in [5.41, 5.74) is 1.94. The van der Waals surface area contributed by atoms with Gasteiger partial charge >= 0.3 is 0 Å². The van der Waals surface area contributed by atoms with E-state index in [0.29, 0.717) is 23.8 Å². The molecule has 1 saturated heterocycles. The van der Waals surface area contributed by atoms with E-state index in [9.17, 15) is 4.79 Å². The number of hydrogen-bond acceptors (Lipinski definition) is 3. The first-order valence-electron chi connectivity index (χ1n) is 10.0. The molecule has 1 fully saturated rings. The summed E-state index contributed by atoms with van der Waals surface area (Å²) in [7, 11) is 0. The number of nitrogens with zero attached hydrogens (tertiary/aromatic N) is 1. The molecule has 0 unspecified atom stereocenters. The fourth-order valence-corrected chi connectivity index (χ4v) is 3.76. The number of rotatable bonds is 7. The molecule has 0 aromatic heterocycles. The largest absolute Gasteiger partial charge is 0.492 e. The summed E-state index contributed by atoms with van der Waals surface area (Å²) in [5, 5.41) is 3.21. The van der Waals surface area contributed by atoms with Gasteiger partial charge in [-0.25, -0.2) is 0 Å². The maximum absolute atomic E-state index is 12.9. The van der Waals surface area contributed by atoms with Crippen LogP contribution in [-0.4, -0.2) is 36.5 Å². The summed E-state index contributed by atoms with van der Waals surface area (Å²) in [6, 6.07) is 16.4. The van der Waals surface area contributed by atoms with Crippen molar-refractivity contribution in [2.45, 2.75) is 39.3 Å². The monoisotopic (exact) mass is 444 g/mol. The number of amides is 1. The van der Waals surface area contributed by atoms with Crippen LogP contribution in [-0.2, 0) is 6.54 Å². The number of benzene rings is 2. The van der Waals surface area contributed by atoms with Crippen molar-refractivity contribution in [2.24, 2.45) is 5.92 Å². The van der Waals surface area contributed by atoms with Gasteiger partial charge in [0.15, 0.2) is 0 Å². The average molecular weight is 445 g/mol. The first-order valence-corrected chi connectivity index (χ1v) is 10.8. The number of carbonyl (C=O) groups is 1. The Bertz CT molecular complexity index is 771. The molecule has 1 aliphatic heterocycles. The molecular formula is C23H29BrN2O2. The van der Waals surface area contributed by atoms with E-state index in [1.165, 1.54) is 5.56 Å². The lowest BCUT2D eigenvalue weighted by atomic mass is 10.0. The number of nitrogens with one attached hydrogen (secondary N) is 1. The molecule has 0 saturated carbocycles. The second kappa shape index (κ2) is 10.1. The Hall–Kier alpha value is -1.85. The lowest BCUT2D eigenvalue weighted by Crippen LogP contribution is -2.44. The molecule has 28 heavy (non-hydrogen) atoms. The van der Waals surface area contributed by atoms with Gasteiger partial charge in [-0.05, 0) is 42.5 Å². The average Bonchev–Trinajstić information content (AvgIpc) is 2.69. The Kier molecular flexibility index (Phi) is 7.51. The van der Waals surface area contributed by atoms with Crippen molar-refractivity contribution in [2.75, 3.05) is 19.7 Å². The van der Waals surface area contributed by atoms with Crippen LogP contribution in [0.3, 0.4) is 0 Å². The maximum Gasteiger partial charge on any atom is 0.255 e. The van der Waals surface area contributed by atoms with Crippen LogP contribution in [0.1, 0.15) is 42.6 Å². The molecule has 1 N–H and O–H groups in total. The summed E-state index contributed by atoms with van der Waals surface area (Å²) >= 11 is 3.47. The predicted octanol–water partition coefficient (Wildman–Crippen LogP) is 4.88. The summed E-state index contributed by atoms with van der Waals surface area (Å²) in [5.74, 6) is 1.01. The fourth-order valence-electron chi connectivity index (χ4n) is 3.40. The number of halogens is 1. The molecule has 1 amide bonds. The van der Waals surface area contributed by atoms with Crippen LogP contribution in [0.2, 0.25) is 0 Å². The minimum Gasteiger partial charge on any atom is -0.492 e. The normalized spacial score (nSPS) is 15.6. The molecule has 3 rings (SSSR count). The fraction of sp³-hybridized carbons (Fsp3) is 0.435. The molecule has 1 aliphatic rings. The molecule has 1 heterocycles. The third kappa shape index (κ3) is 6.08. The van der Waals surface area contributed by atoms with E-state index < -0.39 is 0 Å². The van der Waals surface area contributed by atoms with Gasteiger partial charge in [0.25, 0.3) is 5.91 Å². The Labute approximate surface area is 176 Å². The van der Waals surface area contributed by atoms with Crippen LogP contribution < -0.4 is 10.1 Å². The number of hydrogen-bond donors (Lipinski definition) is 1. The van der Waals surface area contributed by atoms with Crippen LogP contribution >= 0.6 is 15.9 Å². The molecular weight excluding hydrogens is 416 g/mol. The summed E-state index contributed by atoms with van der Waals surface area (Å²) in [4.78, 5) is 15.3. The van der Waals surface area contributed by atoms with Crippen LogP contribution in [0.4, 0.5) is 0 Å². The second-order valence-corrected chi connectivity index (χ2v) is 8.77. The SMILES string of the molecule is CC(C)COc1ccc(Br)cc1C(=O)NC1CCN(Cc2ccccc2)CC1. The number of likely N-dealkylation sites (tertiary alicyclic amines) is 1. The van der Waals surface area contributed by atoms with Crippen LogP contribution in [0.5, 0.6) is 5.75 Å². The van der Waals surface area contributed by atoms with Gasteiger partial charge in [-0.15, -0.1) is 0 Å². The summed E-state index contributed by atoms with van der Waals surface area (Å²) < 4.78 is 6.74. The molecule has 5 heteroatoms. The van der Waals surface area contributed by atoms with Crippen molar-refractivity contribution in [3.05, 3.63) is 64.1 Å². The standard InChI is InChI=1S/C23H29BrN2O2/c1-17(2)16-28-22-9-8-19(24)14-21(22)23(27)25-20-10-12-26(13-11-20)15-18-6-4-3-5-7-18/h3-9,14,17,20H,10-13,15-16H2,1-2H3,(H,25,27). The second-order valence-electron chi connectivity index (χ2n) is 7.85. The molecule has 0 radical (unpaired) electrons. The highest BCUT2D eigenvalue weighted by atomic mass is 79.9. The zero-order valence-corrected chi connectivity index (χ0v) is 18.2. The van der Waals surface area contributed by atoms with E-state index in [-0.39, 0.29) is 11.9 Å². The quantitative estimate of drug-likeness (QED) is 0.661. The lowest BCUT2D eigenvalue weighted by molar-refractivity contribution is 0.0904. The van der Waals surface area contributed by atoms with Crippen molar-refractivity contribution in [3.8, 4) is 5.75 Å². The summed E-state index contributed by atoms with van der Waals surface area (Å²) in [6.07, 6.45) is 1.93. The van der Waals surface area contributed by atoms with Crippen molar-refractivity contribution in [3.63, 3.8) is 0 Å². The van der Waals surface area contributed by atoms with Gasteiger partial charge in [-0.3, -0.25) is 9.69 Å². The van der Waals surface area contributed by atoms with Crippen LogP contribution in [0.25, 0.3) is 0 Å². The van der Waals surface area contributed by atoms with E-state index in [1.807, 2.05) is 24.3 Å². The molecule has 0 spiro atoms. The molecule has 0 atom stereocenters. The first kappa shape index (κ1) is 20.9. The van der Waals surface area contributed by atoms with Crippen molar-refractivity contribution >= 4 is 21.8 Å². The van der Waals surface area contributed by atoms with Crippen LogP contribution in [0.15, 0.2) is 53.0 Å². The van der Waals surface area contributed by atoms with Gasteiger partial charge in [-0.2, -0.15) is 0 Å². The molecule has 0 bridgehead atoms. The van der Waals surface area contributed by atoms with Gasteiger partial charge in [0, 0.05) is 30.1 Å². The molecule has 150 valence electrons. The van der Waals surface area contributed by atoms with Gasteiger partial charge in [-0.1, -0.05) is 60.1 Å². The van der Waals surface area contributed by atoms with Gasteiger partial charge < -0.3 is 10.1 Å².